The molecule has 0 spiro atoms. The van der Waals surface area contributed by atoms with E-state index in [2.05, 4.69) is 6.92 Å². The van der Waals surface area contributed by atoms with Crippen LogP contribution in [0.25, 0.3) is 0 Å². The van der Waals surface area contributed by atoms with E-state index in [1.165, 1.54) is 0 Å². The summed E-state index contributed by atoms with van der Waals surface area (Å²) in [7, 11) is -3.18. The first-order valence-electron chi connectivity index (χ1n) is 7.57. The van der Waals surface area contributed by atoms with Gasteiger partial charge in [-0.05, 0) is 25.5 Å². The summed E-state index contributed by atoms with van der Waals surface area (Å²) >= 11 is 0. The number of benzene rings is 1. The predicted octanol–water partition coefficient (Wildman–Crippen LogP) is 3.75. The Morgan fingerprint density at radius 2 is 1.81 bits per heavy atom. The van der Waals surface area contributed by atoms with Crippen molar-refractivity contribution in [2.75, 3.05) is 19.4 Å². The van der Waals surface area contributed by atoms with Crippen molar-refractivity contribution in [3.05, 3.63) is 30.3 Å². The molecule has 0 aliphatic rings. The molecule has 0 heterocycles. The largest absolute Gasteiger partial charge is 0.466 e. The van der Waals surface area contributed by atoms with E-state index in [1.807, 2.05) is 6.07 Å². The molecule has 0 amide bonds. The van der Waals surface area contributed by atoms with E-state index in [9.17, 15) is 9.36 Å². The van der Waals surface area contributed by atoms with Crippen molar-refractivity contribution in [1.29, 1.82) is 0 Å². The van der Waals surface area contributed by atoms with Crippen molar-refractivity contribution < 1.29 is 18.6 Å². The van der Waals surface area contributed by atoms with Gasteiger partial charge in [-0.25, -0.2) is 0 Å². The van der Waals surface area contributed by atoms with Crippen LogP contribution >= 0.6 is 7.37 Å². The van der Waals surface area contributed by atoms with E-state index in [4.69, 9.17) is 9.26 Å². The molecule has 1 aromatic carbocycles. The van der Waals surface area contributed by atoms with E-state index in [1.54, 1.807) is 31.2 Å². The van der Waals surface area contributed by atoms with Gasteiger partial charge in [0.05, 0.1) is 13.2 Å². The van der Waals surface area contributed by atoms with Crippen LogP contribution in [-0.4, -0.2) is 25.3 Å². The minimum absolute atomic E-state index is 0.196. The Hall–Kier alpha value is -1.12. The minimum atomic E-state index is -3.18. The molecule has 1 unspecified atom stereocenters. The first-order chi connectivity index (χ1) is 10.1. The Morgan fingerprint density at radius 1 is 1.10 bits per heavy atom. The standard InChI is InChI=1S/C16H25O4P/c1-3-5-6-10-13-20-21(18,14-16(17)19-4-2)15-11-8-7-9-12-15/h7-9,11-12H,3-6,10,13-14H2,1-2H3. The van der Waals surface area contributed by atoms with Gasteiger partial charge in [0.2, 0.25) is 7.37 Å². The lowest BCUT2D eigenvalue weighted by Crippen LogP contribution is -2.18. The van der Waals surface area contributed by atoms with Crippen LogP contribution in [0.15, 0.2) is 30.3 Å². The van der Waals surface area contributed by atoms with Gasteiger partial charge in [0.1, 0.15) is 6.16 Å². The molecule has 118 valence electrons. The number of unbranched alkanes of at least 4 members (excludes halogenated alkanes) is 3. The van der Waals surface area contributed by atoms with Gasteiger partial charge in [0.15, 0.2) is 0 Å². The zero-order chi connectivity index (χ0) is 15.6. The van der Waals surface area contributed by atoms with Crippen LogP contribution < -0.4 is 5.30 Å². The van der Waals surface area contributed by atoms with Gasteiger partial charge in [-0.3, -0.25) is 9.36 Å². The normalized spacial score (nSPS) is 13.6. The molecular weight excluding hydrogens is 287 g/mol. The van der Waals surface area contributed by atoms with Gasteiger partial charge in [-0.1, -0.05) is 44.4 Å². The van der Waals surface area contributed by atoms with Crippen molar-refractivity contribution in [2.24, 2.45) is 0 Å². The zero-order valence-electron chi connectivity index (χ0n) is 12.9. The fraction of sp³-hybridized carbons (Fsp3) is 0.562. The Kier molecular flexibility index (Phi) is 8.33. The second-order valence-electron chi connectivity index (χ2n) is 4.87. The number of rotatable bonds is 10. The highest BCUT2D eigenvalue weighted by molar-refractivity contribution is 7.67. The first-order valence-corrected chi connectivity index (χ1v) is 9.38. The number of carbonyl (C=O) groups is 1. The Morgan fingerprint density at radius 3 is 2.43 bits per heavy atom. The second kappa shape index (κ2) is 9.75. The van der Waals surface area contributed by atoms with Crippen molar-refractivity contribution in [3.63, 3.8) is 0 Å². The van der Waals surface area contributed by atoms with Gasteiger partial charge in [-0.2, -0.15) is 0 Å². The maximum absolute atomic E-state index is 13.0. The van der Waals surface area contributed by atoms with Gasteiger partial charge in [-0.15, -0.1) is 0 Å². The third-order valence-electron chi connectivity index (χ3n) is 3.09. The first kappa shape index (κ1) is 17.9. The summed E-state index contributed by atoms with van der Waals surface area (Å²) in [5, 5.41) is 0.577. The Balaban J connectivity index is 2.70. The number of hydrogen-bond donors (Lipinski definition) is 0. The topological polar surface area (TPSA) is 52.6 Å². The molecule has 1 aromatic rings. The van der Waals surface area contributed by atoms with Gasteiger partial charge < -0.3 is 9.26 Å². The zero-order valence-corrected chi connectivity index (χ0v) is 13.8. The molecule has 5 heteroatoms. The molecule has 1 atom stereocenters. The Bertz CT molecular complexity index is 459. The lowest BCUT2D eigenvalue weighted by atomic mass is 10.2. The van der Waals surface area contributed by atoms with Crippen LogP contribution in [0, 0.1) is 0 Å². The van der Waals surface area contributed by atoms with Crippen LogP contribution in [0.2, 0.25) is 0 Å². The molecule has 0 radical (unpaired) electrons. The third kappa shape index (κ3) is 6.45. The summed E-state index contributed by atoms with van der Waals surface area (Å²) in [6.07, 6.45) is 3.98. The molecule has 0 aliphatic heterocycles. The van der Waals surface area contributed by atoms with E-state index >= 15 is 0 Å². The average molecular weight is 312 g/mol. The molecule has 0 aliphatic carbocycles. The fourth-order valence-corrected chi connectivity index (χ4v) is 3.89. The second-order valence-corrected chi connectivity index (χ2v) is 7.30. The molecular formula is C16H25O4P. The maximum Gasteiger partial charge on any atom is 0.315 e. The van der Waals surface area contributed by atoms with Crippen LogP contribution in [0.3, 0.4) is 0 Å². The number of ether oxygens (including phenoxy) is 1. The summed E-state index contributed by atoms with van der Waals surface area (Å²) in [6, 6.07) is 8.93. The average Bonchev–Trinajstić information content (AvgIpc) is 2.48. The molecule has 0 saturated heterocycles. The van der Waals surface area contributed by atoms with Crippen molar-refractivity contribution >= 4 is 18.6 Å². The quantitative estimate of drug-likeness (QED) is 0.375. The molecule has 0 N–H and O–H groups in total. The van der Waals surface area contributed by atoms with Crippen molar-refractivity contribution in [1.82, 2.24) is 0 Å². The fourth-order valence-electron chi connectivity index (χ4n) is 1.98. The predicted molar refractivity (Wildman–Crippen MR) is 85.3 cm³/mol. The van der Waals surface area contributed by atoms with Gasteiger partial charge in [0, 0.05) is 5.30 Å². The third-order valence-corrected chi connectivity index (χ3v) is 5.45. The summed E-state index contributed by atoms with van der Waals surface area (Å²) in [5.74, 6) is -0.474. The maximum atomic E-state index is 13.0. The van der Waals surface area contributed by atoms with E-state index < -0.39 is 13.3 Å². The molecule has 0 aromatic heterocycles. The monoisotopic (exact) mass is 312 g/mol. The number of carbonyl (C=O) groups excluding carboxylic acids is 1. The smallest absolute Gasteiger partial charge is 0.315 e. The van der Waals surface area contributed by atoms with Crippen LogP contribution in [0.4, 0.5) is 0 Å². The van der Waals surface area contributed by atoms with E-state index in [-0.39, 0.29) is 12.8 Å². The van der Waals surface area contributed by atoms with Crippen molar-refractivity contribution in [3.8, 4) is 0 Å². The molecule has 4 nitrogen and oxygen atoms in total. The Labute approximate surface area is 127 Å². The molecule has 0 bridgehead atoms. The van der Waals surface area contributed by atoms with Gasteiger partial charge in [0.25, 0.3) is 0 Å². The van der Waals surface area contributed by atoms with Crippen molar-refractivity contribution in [2.45, 2.75) is 39.5 Å². The van der Waals surface area contributed by atoms with E-state index in [0.717, 1.165) is 25.7 Å². The lowest BCUT2D eigenvalue weighted by Gasteiger charge is -2.18. The molecule has 0 fully saturated rings. The highest BCUT2D eigenvalue weighted by atomic mass is 31.2. The summed E-state index contributed by atoms with van der Waals surface area (Å²) in [6.45, 7) is 4.56. The number of hydrogen-bond acceptors (Lipinski definition) is 4. The van der Waals surface area contributed by atoms with Gasteiger partial charge >= 0.3 is 5.97 Å². The molecule has 21 heavy (non-hydrogen) atoms. The minimum Gasteiger partial charge on any atom is -0.466 e. The number of esters is 1. The van der Waals surface area contributed by atoms with Crippen LogP contribution in [0.5, 0.6) is 0 Å². The molecule has 1 rings (SSSR count). The van der Waals surface area contributed by atoms with Crippen LogP contribution in [0.1, 0.15) is 39.5 Å². The lowest BCUT2D eigenvalue weighted by molar-refractivity contribution is -0.140. The van der Waals surface area contributed by atoms with Crippen LogP contribution in [-0.2, 0) is 18.6 Å². The molecule has 0 saturated carbocycles. The summed E-state index contributed by atoms with van der Waals surface area (Å²) in [5.41, 5.74) is 0. The highest BCUT2D eigenvalue weighted by Gasteiger charge is 2.29. The SMILES string of the molecule is CCCCCCOP(=O)(CC(=O)OCC)c1ccccc1. The van der Waals surface area contributed by atoms with E-state index in [0.29, 0.717) is 11.9 Å². The summed E-state index contributed by atoms with van der Waals surface area (Å²) < 4.78 is 23.6. The highest BCUT2D eigenvalue weighted by Crippen LogP contribution is 2.45. The summed E-state index contributed by atoms with van der Waals surface area (Å²) in [4.78, 5) is 11.7.